The molecule has 1 saturated heterocycles. The van der Waals surface area contributed by atoms with E-state index in [0.29, 0.717) is 0 Å². The third-order valence-corrected chi connectivity index (χ3v) is 6.94. The summed E-state index contributed by atoms with van der Waals surface area (Å²) in [6.07, 6.45) is 7.27. The monoisotopic (exact) mass is 349 g/mol. The molecule has 2 aromatic rings. The summed E-state index contributed by atoms with van der Waals surface area (Å²) in [5, 5.41) is 11.5. The summed E-state index contributed by atoms with van der Waals surface area (Å²) in [5.74, 6) is 0.223. The number of piperidine rings is 1. The van der Waals surface area contributed by atoms with Crippen molar-refractivity contribution in [2.24, 2.45) is 5.92 Å². The lowest BCUT2D eigenvalue weighted by molar-refractivity contribution is -0.104. The number of rotatable bonds is 3. The Bertz CT molecular complexity index is 708. The van der Waals surface area contributed by atoms with Gasteiger partial charge in [-0.25, -0.2) is 0 Å². The highest BCUT2D eigenvalue weighted by Gasteiger charge is 2.47. The highest BCUT2D eigenvalue weighted by molar-refractivity contribution is 5.28. The Morgan fingerprint density at radius 2 is 1.38 bits per heavy atom. The summed E-state index contributed by atoms with van der Waals surface area (Å²) < 4.78 is 0. The first-order valence-electron chi connectivity index (χ1n) is 10.2. The molecule has 1 heterocycles. The third kappa shape index (κ3) is 3.00. The van der Waals surface area contributed by atoms with Crippen molar-refractivity contribution >= 4 is 0 Å². The van der Waals surface area contributed by atoms with Crippen LogP contribution in [0.3, 0.4) is 0 Å². The van der Waals surface area contributed by atoms with Gasteiger partial charge in [-0.3, -0.25) is 4.90 Å². The molecule has 1 saturated carbocycles. The number of hydrogen-bond donors (Lipinski definition) is 1. The van der Waals surface area contributed by atoms with Crippen molar-refractivity contribution in [3.05, 3.63) is 71.8 Å². The maximum absolute atomic E-state index is 11.5. The van der Waals surface area contributed by atoms with Gasteiger partial charge in [0.15, 0.2) is 0 Å². The first kappa shape index (κ1) is 17.8. The van der Waals surface area contributed by atoms with E-state index in [1.165, 1.54) is 37.7 Å². The molecule has 0 aromatic heterocycles. The number of hydrogen-bond acceptors (Lipinski definition) is 2. The highest BCUT2D eigenvalue weighted by Crippen LogP contribution is 2.47. The molecule has 2 aromatic carbocycles. The first-order chi connectivity index (χ1) is 12.7. The smallest absolute Gasteiger partial charge is 0.0946 e. The van der Waals surface area contributed by atoms with E-state index in [2.05, 4.69) is 54.3 Å². The van der Waals surface area contributed by atoms with Crippen molar-refractivity contribution < 1.29 is 5.11 Å². The summed E-state index contributed by atoms with van der Waals surface area (Å²) in [6, 6.07) is 21.4. The van der Waals surface area contributed by atoms with Crippen LogP contribution in [0.15, 0.2) is 60.7 Å². The zero-order chi connectivity index (χ0) is 18.0. The lowest BCUT2D eigenvalue weighted by Crippen LogP contribution is -2.57. The van der Waals surface area contributed by atoms with Crippen LogP contribution >= 0.6 is 0 Å². The summed E-state index contributed by atoms with van der Waals surface area (Å²) >= 11 is 0. The fourth-order valence-electron chi connectivity index (χ4n) is 5.34. The normalized spacial score (nSPS) is 29.4. The average Bonchev–Trinajstić information content (AvgIpc) is 2.72. The van der Waals surface area contributed by atoms with Gasteiger partial charge in [0.05, 0.1) is 5.60 Å². The van der Waals surface area contributed by atoms with Crippen LogP contribution in [-0.4, -0.2) is 23.1 Å². The van der Waals surface area contributed by atoms with Gasteiger partial charge in [0.25, 0.3) is 0 Å². The van der Waals surface area contributed by atoms with Crippen molar-refractivity contribution in [2.75, 3.05) is 13.1 Å². The second kappa shape index (κ2) is 7.17. The second-order valence-electron chi connectivity index (χ2n) is 8.35. The Hall–Kier alpha value is -1.64. The number of likely N-dealkylation sites (tertiary alicyclic amines) is 1. The van der Waals surface area contributed by atoms with Crippen LogP contribution in [0.4, 0.5) is 0 Å². The minimum absolute atomic E-state index is 0.159. The van der Waals surface area contributed by atoms with Crippen LogP contribution in [0.1, 0.15) is 56.6 Å². The van der Waals surface area contributed by atoms with Crippen LogP contribution in [-0.2, 0) is 11.1 Å². The van der Waals surface area contributed by atoms with Gasteiger partial charge in [0.1, 0.15) is 0 Å². The maximum Gasteiger partial charge on any atom is 0.0946 e. The lowest BCUT2D eigenvalue weighted by Gasteiger charge is -2.53. The van der Waals surface area contributed by atoms with Crippen LogP contribution in [0.25, 0.3) is 0 Å². The van der Waals surface area contributed by atoms with Gasteiger partial charge in [-0.1, -0.05) is 86.8 Å². The van der Waals surface area contributed by atoms with E-state index in [9.17, 15) is 5.11 Å². The predicted octanol–water partition coefficient (Wildman–Crippen LogP) is 5.08. The van der Waals surface area contributed by atoms with Crippen molar-refractivity contribution in [3.63, 3.8) is 0 Å². The molecule has 2 aliphatic rings. The van der Waals surface area contributed by atoms with Crippen molar-refractivity contribution in [3.8, 4) is 0 Å². The molecule has 2 atom stereocenters. The molecule has 0 unspecified atom stereocenters. The molecular formula is C24H31NO. The SMILES string of the molecule is C[C@H]1CN(C2(c3ccccc3)CCCCC2)CC[C@@]1(O)c1ccccc1. The average molecular weight is 350 g/mol. The van der Waals surface area contributed by atoms with E-state index in [0.717, 1.165) is 25.1 Å². The molecule has 1 aliphatic heterocycles. The van der Waals surface area contributed by atoms with Crippen LogP contribution in [0.5, 0.6) is 0 Å². The minimum Gasteiger partial charge on any atom is -0.385 e. The molecule has 0 amide bonds. The Labute approximate surface area is 157 Å². The van der Waals surface area contributed by atoms with Crippen LogP contribution < -0.4 is 0 Å². The quantitative estimate of drug-likeness (QED) is 0.836. The summed E-state index contributed by atoms with van der Waals surface area (Å²) in [5.41, 5.74) is 2.00. The standard InChI is InChI=1S/C24H31NO/c1-20-19-25(18-17-24(20,26)22-13-7-3-8-14-22)23(15-9-4-10-16-23)21-11-5-2-6-12-21/h2-3,5-8,11-14,20,26H,4,9-10,15-19H2,1H3/t20-,24-/m0/s1. The van der Waals surface area contributed by atoms with Crippen molar-refractivity contribution in [1.82, 2.24) is 4.90 Å². The topological polar surface area (TPSA) is 23.5 Å². The minimum atomic E-state index is -0.704. The molecule has 26 heavy (non-hydrogen) atoms. The Balaban J connectivity index is 1.62. The Morgan fingerprint density at radius 3 is 1.96 bits per heavy atom. The number of benzene rings is 2. The van der Waals surface area contributed by atoms with Gasteiger partial charge in [-0.15, -0.1) is 0 Å². The third-order valence-electron chi connectivity index (χ3n) is 6.94. The molecule has 2 nitrogen and oxygen atoms in total. The van der Waals surface area contributed by atoms with E-state index in [1.54, 1.807) is 0 Å². The Morgan fingerprint density at radius 1 is 0.808 bits per heavy atom. The van der Waals surface area contributed by atoms with E-state index >= 15 is 0 Å². The largest absolute Gasteiger partial charge is 0.385 e. The predicted molar refractivity (Wildman–Crippen MR) is 107 cm³/mol. The molecule has 0 radical (unpaired) electrons. The summed E-state index contributed by atoms with van der Waals surface area (Å²) in [6.45, 7) is 4.14. The van der Waals surface area contributed by atoms with Gasteiger partial charge < -0.3 is 5.11 Å². The molecule has 4 rings (SSSR count). The lowest BCUT2D eigenvalue weighted by atomic mass is 9.71. The molecule has 0 spiro atoms. The van der Waals surface area contributed by atoms with Crippen molar-refractivity contribution in [2.45, 2.75) is 56.6 Å². The van der Waals surface area contributed by atoms with Gasteiger partial charge in [-0.05, 0) is 30.4 Å². The zero-order valence-electron chi connectivity index (χ0n) is 15.9. The van der Waals surface area contributed by atoms with Crippen molar-refractivity contribution in [1.29, 1.82) is 0 Å². The zero-order valence-corrected chi connectivity index (χ0v) is 15.9. The van der Waals surface area contributed by atoms with Crippen LogP contribution in [0, 0.1) is 5.92 Å². The Kier molecular flexibility index (Phi) is 4.90. The fraction of sp³-hybridized carbons (Fsp3) is 0.500. The number of nitrogens with zero attached hydrogens (tertiary/aromatic N) is 1. The molecule has 2 fully saturated rings. The second-order valence-corrected chi connectivity index (χ2v) is 8.35. The van der Waals surface area contributed by atoms with Gasteiger partial charge in [0.2, 0.25) is 0 Å². The summed E-state index contributed by atoms with van der Waals surface area (Å²) in [4.78, 5) is 2.70. The highest BCUT2D eigenvalue weighted by atomic mass is 16.3. The van der Waals surface area contributed by atoms with Gasteiger partial charge in [0, 0.05) is 24.5 Å². The van der Waals surface area contributed by atoms with E-state index in [1.807, 2.05) is 18.2 Å². The summed E-state index contributed by atoms with van der Waals surface area (Å²) in [7, 11) is 0. The van der Waals surface area contributed by atoms with E-state index in [4.69, 9.17) is 0 Å². The van der Waals surface area contributed by atoms with Gasteiger partial charge >= 0.3 is 0 Å². The van der Waals surface area contributed by atoms with E-state index in [-0.39, 0.29) is 11.5 Å². The maximum atomic E-state index is 11.5. The van der Waals surface area contributed by atoms with Crippen LogP contribution in [0.2, 0.25) is 0 Å². The number of aliphatic hydroxyl groups is 1. The molecule has 1 N–H and O–H groups in total. The fourth-order valence-corrected chi connectivity index (χ4v) is 5.34. The van der Waals surface area contributed by atoms with E-state index < -0.39 is 5.60 Å². The molecular weight excluding hydrogens is 318 g/mol. The molecule has 2 heteroatoms. The van der Waals surface area contributed by atoms with Gasteiger partial charge in [-0.2, -0.15) is 0 Å². The molecule has 1 aliphatic carbocycles. The molecule has 138 valence electrons. The molecule has 0 bridgehead atoms. The first-order valence-corrected chi connectivity index (χ1v) is 10.2.